The van der Waals surface area contributed by atoms with Crippen molar-refractivity contribution in [1.82, 2.24) is 10.2 Å². The summed E-state index contributed by atoms with van der Waals surface area (Å²) in [5, 5.41) is 3.37. The van der Waals surface area contributed by atoms with Gasteiger partial charge in [0.2, 0.25) is 0 Å². The zero-order valence-corrected chi connectivity index (χ0v) is 9.33. The fraction of sp³-hybridized carbons (Fsp3) is 1.00. The largest absolute Gasteiger partial charge is 0.377 e. The normalized spacial score (nSPS) is 36.4. The number of ether oxygens (including phenoxy) is 1. The summed E-state index contributed by atoms with van der Waals surface area (Å²) in [4.78, 5) is 2.62. The minimum absolute atomic E-state index is 0.445. The van der Waals surface area contributed by atoms with Gasteiger partial charge in [-0.1, -0.05) is 0 Å². The second-order valence-electron chi connectivity index (χ2n) is 4.53. The topological polar surface area (TPSA) is 24.5 Å². The van der Waals surface area contributed by atoms with Crippen molar-refractivity contribution >= 4 is 0 Å². The molecule has 0 amide bonds. The van der Waals surface area contributed by atoms with Crippen molar-refractivity contribution < 1.29 is 4.74 Å². The quantitative estimate of drug-likeness (QED) is 0.712. The number of hydrogen-bond donors (Lipinski definition) is 1. The lowest BCUT2D eigenvalue weighted by Gasteiger charge is -2.36. The smallest absolute Gasteiger partial charge is 0.0703 e. The van der Waals surface area contributed by atoms with Crippen molar-refractivity contribution in [1.29, 1.82) is 0 Å². The highest BCUT2D eigenvalue weighted by Gasteiger charge is 2.31. The number of piperidine rings is 1. The van der Waals surface area contributed by atoms with Gasteiger partial charge in [-0.25, -0.2) is 0 Å². The van der Waals surface area contributed by atoms with Crippen LogP contribution in [0.15, 0.2) is 0 Å². The van der Waals surface area contributed by atoms with E-state index in [2.05, 4.69) is 24.2 Å². The molecule has 0 radical (unpaired) electrons. The monoisotopic (exact) mass is 198 g/mol. The summed E-state index contributed by atoms with van der Waals surface area (Å²) in [7, 11) is 2.07. The van der Waals surface area contributed by atoms with Crippen molar-refractivity contribution in [3.63, 3.8) is 0 Å². The fourth-order valence-corrected chi connectivity index (χ4v) is 2.72. The zero-order chi connectivity index (χ0) is 9.97. The van der Waals surface area contributed by atoms with Crippen LogP contribution in [0.25, 0.3) is 0 Å². The second kappa shape index (κ2) is 4.60. The maximum Gasteiger partial charge on any atom is 0.0703 e. The van der Waals surface area contributed by atoms with E-state index >= 15 is 0 Å². The van der Waals surface area contributed by atoms with Crippen LogP contribution in [-0.2, 0) is 4.74 Å². The highest BCUT2D eigenvalue weighted by atomic mass is 16.5. The summed E-state index contributed by atoms with van der Waals surface area (Å²) in [5.74, 6) is 0. The molecule has 3 heteroatoms. The van der Waals surface area contributed by atoms with Gasteiger partial charge in [-0.15, -0.1) is 0 Å². The molecule has 0 bridgehead atoms. The van der Waals surface area contributed by atoms with Crippen molar-refractivity contribution in [2.45, 2.75) is 44.4 Å². The molecule has 2 unspecified atom stereocenters. The van der Waals surface area contributed by atoms with Crippen LogP contribution in [0.3, 0.4) is 0 Å². The summed E-state index contributed by atoms with van der Waals surface area (Å²) in [6.07, 6.45) is 4.26. The van der Waals surface area contributed by atoms with Crippen molar-refractivity contribution in [3.8, 4) is 0 Å². The van der Waals surface area contributed by atoms with Gasteiger partial charge in [0.15, 0.2) is 0 Å². The second-order valence-corrected chi connectivity index (χ2v) is 4.53. The lowest BCUT2D eigenvalue weighted by molar-refractivity contribution is 0.0613. The van der Waals surface area contributed by atoms with E-state index in [9.17, 15) is 0 Å². The van der Waals surface area contributed by atoms with Gasteiger partial charge in [-0.2, -0.15) is 0 Å². The van der Waals surface area contributed by atoms with Crippen LogP contribution in [0.2, 0.25) is 0 Å². The Morgan fingerprint density at radius 2 is 1.93 bits per heavy atom. The zero-order valence-electron chi connectivity index (χ0n) is 9.33. The van der Waals surface area contributed by atoms with Gasteiger partial charge in [0.05, 0.1) is 6.10 Å². The number of nitrogens with one attached hydrogen (secondary N) is 1. The molecule has 2 aliphatic heterocycles. The van der Waals surface area contributed by atoms with Crippen molar-refractivity contribution in [2.75, 3.05) is 26.7 Å². The first-order valence-corrected chi connectivity index (χ1v) is 5.84. The van der Waals surface area contributed by atoms with Crippen LogP contribution in [-0.4, -0.2) is 49.8 Å². The Balaban J connectivity index is 1.82. The third-order valence-corrected chi connectivity index (χ3v) is 3.74. The van der Waals surface area contributed by atoms with Gasteiger partial charge in [0.25, 0.3) is 0 Å². The summed E-state index contributed by atoms with van der Waals surface area (Å²) in [5.41, 5.74) is 0. The molecular formula is C11H22N2O. The van der Waals surface area contributed by atoms with E-state index in [0.717, 1.165) is 12.6 Å². The van der Waals surface area contributed by atoms with Crippen molar-refractivity contribution in [3.05, 3.63) is 0 Å². The molecule has 0 spiro atoms. The van der Waals surface area contributed by atoms with Crippen LogP contribution in [0.1, 0.15) is 26.2 Å². The molecule has 2 saturated heterocycles. The number of rotatable bonds is 2. The Hall–Kier alpha value is -0.120. The maximum absolute atomic E-state index is 5.61. The van der Waals surface area contributed by atoms with Crippen LogP contribution in [0.5, 0.6) is 0 Å². The van der Waals surface area contributed by atoms with Gasteiger partial charge in [0, 0.05) is 31.8 Å². The number of nitrogens with zero attached hydrogens (tertiary/aromatic N) is 1. The highest BCUT2D eigenvalue weighted by Crippen LogP contribution is 2.22. The van der Waals surface area contributed by atoms with Gasteiger partial charge in [-0.05, 0) is 33.2 Å². The lowest BCUT2D eigenvalue weighted by atomic mass is 10.0. The van der Waals surface area contributed by atoms with E-state index < -0.39 is 0 Å². The average Bonchev–Trinajstić information content (AvgIpc) is 2.65. The third-order valence-electron chi connectivity index (χ3n) is 3.74. The van der Waals surface area contributed by atoms with Crippen LogP contribution in [0.4, 0.5) is 0 Å². The van der Waals surface area contributed by atoms with E-state index in [1.165, 1.54) is 32.4 Å². The molecule has 0 aromatic heterocycles. The van der Waals surface area contributed by atoms with E-state index in [4.69, 9.17) is 4.74 Å². The Bertz CT molecular complexity index is 178. The Morgan fingerprint density at radius 1 is 1.21 bits per heavy atom. The molecule has 2 atom stereocenters. The molecule has 1 N–H and O–H groups in total. The van der Waals surface area contributed by atoms with Gasteiger partial charge in [0.1, 0.15) is 0 Å². The van der Waals surface area contributed by atoms with Gasteiger partial charge in [-0.3, -0.25) is 4.90 Å². The molecule has 2 rings (SSSR count). The first-order valence-electron chi connectivity index (χ1n) is 5.84. The lowest BCUT2D eigenvalue weighted by Crippen LogP contribution is -2.48. The fourth-order valence-electron chi connectivity index (χ4n) is 2.72. The highest BCUT2D eigenvalue weighted by molar-refractivity contribution is 4.86. The summed E-state index contributed by atoms with van der Waals surface area (Å²) in [6, 6.07) is 1.43. The molecule has 0 aliphatic carbocycles. The molecule has 2 fully saturated rings. The summed E-state index contributed by atoms with van der Waals surface area (Å²) < 4.78 is 5.61. The summed E-state index contributed by atoms with van der Waals surface area (Å²) >= 11 is 0. The van der Waals surface area contributed by atoms with E-state index in [1.54, 1.807) is 0 Å². The Kier molecular flexibility index (Phi) is 3.42. The third kappa shape index (κ3) is 2.10. The molecular weight excluding hydrogens is 176 g/mol. The van der Waals surface area contributed by atoms with E-state index in [-0.39, 0.29) is 0 Å². The molecule has 0 saturated carbocycles. The van der Waals surface area contributed by atoms with E-state index in [1.807, 2.05) is 0 Å². The number of hydrogen-bond acceptors (Lipinski definition) is 3. The Labute approximate surface area is 86.8 Å². The predicted molar refractivity (Wildman–Crippen MR) is 57.5 cm³/mol. The van der Waals surface area contributed by atoms with E-state index in [0.29, 0.717) is 12.1 Å². The predicted octanol–water partition coefficient (Wildman–Crippen LogP) is 0.848. The van der Waals surface area contributed by atoms with Crippen molar-refractivity contribution in [2.24, 2.45) is 0 Å². The van der Waals surface area contributed by atoms with Gasteiger partial charge < -0.3 is 10.1 Å². The molecule has 3 nitrogen and oxygen atoms in total. The Morgan fingerprint density at radius 3 is 2.43 bits per heavy atom. The summed E-state index contributed by atoms with van der Waals surface area (Å²) in [6.45, 7) is 5.65. The molecule has 0 aromatic carbocycles. The molecule has 2 aliphatic rings. The van der Waals surface area contributed by atoms with Crippen LogP contribution >= 0.6 is 0 Å². The maximum atomic E-state index is 5.61. The van der Waals surface area contributed by atoms with Crippen LogP contribution in [0, 0.1) is 0 Å². The van der Waals surface area contributed by atoms with Crippen LogP contribution < -0.4 is 5.32 Å². The minimum atomic E-state index is 0.445. The molecule has 2 heterocycles. The number of likely N-dealkylation sites (tertiary alicyclic amines) is 1. The molecule has 0 aromatic rings. The standard InChI is InChI=1S/C11H22N2O/c1-9-11(5-8-14-9)13-6-3-10(12-2)4-7-13/h9-12H,3-8H2,1-2H3. The average molecular weight is 198 g/mol. The molecule has 14 heavy (non-hydrogen) atoms. The minimum Gasteiger partial charge on any atom is -0.377 e. The first kappa shape index (κ1) is 10.4. The first-order chi connectivity index (χ1) is 6.81. The van der Waals surface area contributed by atoms with Gasteiger partial charge >= 0.3 is 0 Å². The SMILES string of the molecule is CNC1CCN(C2CCOC2C)CC1. The molecule has 82 valence electrons.